The molecule has 0 aromatic rings. The molecule has 0 saturated carbocycles. The predicted octanol–water partition coefficient (Wildman–Crippen LogP) is 1.25. The van der Waals surface area contributed by atoms with Crippen molar-refractivity contribution in [2.45, 2.75) is 24.4 Å². The Kier molecular flexibility index (Phi) is 5.75. The first-order valence-electron chi connectivity index (χ1n) is 3.84. The molecule has 2 atom stereocenters. The van der Waals surface area contributed by atoms with E-state index in [0.29, 0.717) is 0 Å². The lowest BCUT2D eigenvalue weighted by Gasteiger charge is -2.21. The van der Waals surface area contributed by atoms with Crippen molar-refractivity contribution in [2.75, 3.05) is 19.4 Å². The molecule has 0 fully saturated rings. The predicted molar refractivity (Wildman–Crippen MR) is 47.9 cm³/mol. The summed E-state index contributed by atoms with van der Waals surface area (Å²) in [5, 5.41) is 10.9. The van der Waals surface area contributed by atoms with Crippen LogP contribution in [0.15, 0.2) is 0 Å². The first kappa shape index (κ1) is 13.1. The Hall–Kier alpha value is 0.0600. The van der Waals surface area contributed by atoms with Crippen molar-refractivity contribution in [1.29, 1.82) is 0 Å². The number of halogens is 3. The molecule has 2 nitrogen and oxygen atoms in total. The second kappa shape index (κ2) is 5.72. The zero-order chi connectivity index (χ0) is 10.5. The smallest absolute Gasteiger partial charge is 0.395 e. The van der Waals surface area contributed by atoms with Crippen LogP contribution in [0.5, 0.6) is 0 Å². The monoisotopic (exact) mass is 217 g/mol. The molecule has 0 bridgehead atoms. The fraction of sp³-hybridized carbons (Fsp3) is 1.00. The minimum absolute atomic E-state index is 0.118. The second-order valence-electron chi connectivity index (χ2n) is 2.74. The zero-order valence-electron chi connectivity index (χ0n) is 7.56. The maximum atomic E-state index is 11.8. The Morgan fingerprint density at radius 3 is 2.31 bits per heavy atom. The summed E-state index contributed by atoms with van der Waals surface area (Å²) in [6, 6.07) is -0.346. The van der Waals surface area contributed by atoms with Gasteiger partial charge in [-0.25, -0.2) is 0 Å². The Balaban J connectivity index is 3.78. The van der Waals surface area contributed by atoms with Crippen LogP contribution in [0.3, 0.4) is 0 Å². The van der Waals surface area contributed by atoms with Crippen LogP contribution >= 0.6 is 11.8 Å². The number of nitrogens with one attached hydrogen (secondary N) is 1. The lowest BCUT2D eigenvalue weighted by molar-refractivity contribution is -0.126. The van der Waals surface area contributed by atoms with Gasteiger partial charge in [-0.1, -0.05) is 0 Å². The van der Waals surface area contributed by atoms with Crippen LogP contribution < -0.4 is 5.32 Å². The highest BCUT2D eigenvalue weighted by atomic mass is 32.2. The largest absolute Gasteiger partial charge is 0.401 e. The minimum Gasteiger partial charge on any atom is -0.395 e. The molecule has 0 aromatic heterocycles. The fourth-order valence-electron chi connectivity index (χ4n) is 0.845. The molecule has 0 radical (unpaired) electrons. The number of aliphatic hydroxyl groups is 1. The van der Waals surface area contributed by atoms with Gasteiger partial charge in [0.15, 0.2) is 0 Å². The maximum Gasteiger partial charge on any atom is 0.401 e. The number of hydrogen-bond acceptors (Lipinski definition) is 3. The zero-order valence-corrected chi connectivity index (χ0v) is 8.37. The van der Waals surface area contributed by atoms with E-state index >= 15 is 0 Å². The van der Waals surface area contributed by atoms with E-state index in [2.05, 4.69) is 5.32 Å². The SMILES string of the molecule is CSC(CO)C(C)NCC(F)(F)F. The van der Waals surface area contributed by atoms with Crippen molar-refractivity contribution in [3.63, 3.8) is 0 Å². The van der Waals surface area contributed by atoms with Gasteiger partial charge in [0.2, 0.25) is 0 Å². The van der Waals surface area contributed by atoms with Gasteiger partial charge in [-0.2, -0.15) is 24.9 Å². The van der Waals surface area contributed by atoms with E-state index in [1.165, 1.54) is 11.8 Å². The van der Waals surface area contributed by atoms with Crippen LogP contribution in [0.25, 0.3) is 0 Å². The highest BCUT2D eigenvalue weighted by Gasteiger charge is 2.28. The van der Waals surface area contributed by atoms with Crippen LogP contribution in [0.1, 0.15) is 6.92 Å². The number of aliphatic hydroxyl groups excluding tert-OH is 1. The first-order chi connectivity index (χ1) is 5.90. The molecule has 0 heterocycles. The van der Waals surface area contributed by atoms with Gasteiger partial charge in [-0.05, 0) is 13.2 Å². The molecule has 0 amide bonds. The summed E-state index contributed by atoms with van der Waals surface area (Å²) in [6.45, 7) is 0.502. The molecule has 2 unspecified atom stereocenters. The quantitative estimate of drug-likeness (QED) is 0.727. The molecule has 80 valence electrons. The molecule has 0 spiro atoms. The number of rotatable bonds is 5. The number of hydrogen-bond donors (Lipinski definition) is 2. The molecule has 0 aliphatic carbocycles. The maximum absolute atomic E-state index is 11.8. The topological polar surface area (TPSA) is 32.3 Å². The van der Waals surface area contributed by atoms with Crippen molar-refractivity contribution in [2.24, 2.45) is 0 Å². The van der Waals surface area contributed by atoms with E-state index in [9.17, 15) is 13.2 Å². The third-order valence-electron chi connectivity index (χ3n) is 1.66. The summed E-state index contributed by atoms with van der Waals surface area (Å²) < 4.78 is 35.3. The van der Waals surface area contributed by atoms with E-state index in [1.807, 2.05) is 0 Å². The lowest BCUT2D eigenvalue weighted by atomic mass is 10.2. The first-order valence-corrected chi connectivity index (χ1v) is 5.13. The molecule has 13 heavy (non-hydrogen) atoms. The van der Waals surface area contributed by atoms with Crippen LogP contribution in [-0.4, -0.2) is 42.0 Å². The summed E-state index contributed by atoms with van der Waals surface area (Å²) >= 11 is 1.35. The minimum atomic E-state index is -4.19. The number of alkyl halides is 3. The van der Waals surface area contributed by atoms with Crippen LogP contribution in [0, 0.1) is 0 Å². The average molecular weight is 217 g/mol. The molecule has 6 heteroatoms. The van der Waals surface area contributed by atoms with E-state index in [0.717, 1.165) is 0 Å². The molecular formula is C7H14F3NOS. The van der Waals surface area contributed by atoms with Crippen LogP contribution in [-0.2, 0) is 0 Å². The Bertz CT molecular complexity index is 138. The normalized spacial score (nSPS) is 17.1. The molecule has 2 N–H and O–H groups in total. The molecule has 0 aliphatic rings. The van der Waals surface area contributed by atoms with Crippen molar-refractivity contribution in [3.8, 4) is 0 Å². The van der Waals surface area contributed by atoms with Gasteiger partial charge in [-0.15, -0.1) is 0 Å². The fourth-order valence-corrected chi connectivity index (χ4v) is 1.50. The lowest BCUT2D eigenvalue weighted by Crippen LogP contribution is -2.42. The van der Waals surface area contributed by atoms with Gasteiger partial charge in [0.25, 0.3) is 0 Å². The van der Waals surface area contributed by atoms with Gasteiger partial charge in [0.05, 0.1) is 13.2 Å². The summed E-state index contributed by atoms with van der Waals surface area (Å²) in [7, 11) is 0. The van der Waals surface area contributed by atoms with Gasteiger partial charge in [0, 0.05) is 11.3 Å². The molecule has 0 aromatic carbocycles. The third-order valence-corrected chi connectivity index (χ3v) is 2.83. The molecule has 0 saturated heterocycles. The molecule has 0 rings (SSSR count). The highest BCUT2D eigenvalue weighted by Crippen LogP contribution is 2.15. The van der Waals surface area contributed by atoms with Gasteiger partial charge in [-0.3, -0.25) is 0 Å². The van der Waals surface area contributed by atoms with Gasteiger partial charge in [0.1, 0.15) is 0 Å². The van der Waals surface area contributed by atoms with Crippen molar-refractivity contribution in [3.05, 3.63) is 0 Å². The molecular weight excluding hydrogens is 203 g/mol. The summed E-state index contributed by atoms with van der Waals surface area (Å²) in [5.41, 5.74) is 0. The number of thioether (sulfide) groups is 1. The van der Waals surface area contributed by atoms with Gasteiger partial charge < -0.3 is 10.4 Å². The summed E-state index contributed by atoms with van der Waals surface area (Å²) in [5.74, 6) is 0. The Morgan fingerprint density at radius 1 is 1.46 bits per heavy atom. The van der Waals surface area contributed by atoms with E-state index in [-0.39, 0.29) is 17.9 Å². The van der Waals surface area contributed by atoms with Gasteiger partial charge >= 0.3 is 6.18 Å². The van der Waals surface area contributed by atoms with Crippen LogP contribution in [0.4, 0.5) is 13.2 Å². The van der Waals surface area contributed by atoms with E-state index in [1.54, 1.807) is 13.2 Å². The second-order valence-corrected chi connectivity index (χ2v) is 3.82. The highest BCUT2D eigenvalue weighted by molar-refractivity contribution is 7.99. The average Bonchev–Trinajstić information content (AvgIpc) is 2.02. The van der Waals surface area contributed by atoms with Crippen LogP contribution in [0.2, 0.25) is 0 Å². The Labute approximate surface area is 79.9 Å². The molecule has 0 aliphatic heterocycles. The standard InChI is InChI=1S/C7H14F3NOS/c1-5(6(3-12)13-2)11-4-7(8,9)10/h5-6,11-12H,3-4H2,1-2H3. The summed E-state index contributed by atoms with van der Waals surface area (Å²) in [4.78, 5) is 0. The van der Waals surface area contributed by atoms with Crippen molar-refractivity contribution >= 4 is 11.8 Å². The van der Waals surface area contributed by atoms with Crippen molar-refractivity contribution in [1.82, 2.24) is 5.32 Å². The Morgan fingerprint density at radius 2 is 2.00 bits per heavy atom. The third kappa shape index (κ3) is 6.17. The summed E-state index contributed by atoms with van der Waals surface area (Å²) in [6.07, 6.45) is -2.43. The van der Waals surface area contributed by atoms with Crippen molar-refractivity contribution < 1.29 is 18.3 Å². The van der Waals surface area contributed by atoms with E-state index < -0.39 is 12.7 Å². The van der Waals surface area contributed by atoms with E-state index in [4.69, 9.17) is 5.11 Å².